The van der Waals surface area contributed by atoms with Crippen LogP contribution in [0.1, 0.15) is 12.5 Å². The summed E-state index contributed by atoms with van der Waals surface area (Å²) in [5, 5.41) is 12.0. The summed E-state index contributed by atoms with van der Waals surface area (Å²) in [6.07, 6.45) is 3.63. The molecule has 4 nitrogen and oxygen atoms in total. The van der Waals surface area contributed by atoms with Crippen LogP contribution in [0.2, 0.25) is 0 Å². The van der Waals surface area contributed by atoms with E-state index in [4.69, 9.17) is 11.0 Å². The molecular weight excluding hydrogens is 208 g/mol. The molecule has 1 rings (SSSR count). The first-order valence-corrected chi connectivity index (χ1v) is 5.98. The maximum Gasteiger partial charge on any atom is 0.150 e. The first kappa shape index (κ1) is 11.7. The zero-order chi connectivity index (χ0) is 11.3. The molecular formula is C10H14N4S. The molecule has 15 heavy (non-hydrogen) atoms. The van der Waals surface area contributed by atoms with E-state index in [1.807, 2.05) is 12.3 Å². The Hall–Kier alpha value is -1.41. The van der Waals surface area contributed by atoms with Crippen LogP contribution in [0.3, 0.4) is 0 Å². The number of hydrogen-bond acceptors (Lipinski definition) is 5. The second-order valence-electron chi connectivity index (χ2n) is 3.23. The van der Waals surface area contributed by atoms with Crippen molar-refractivity contribution in [2.24, 2.45) is 0 Å². The first-order chi connectivity index (χ1) is 7.19. The van der Waals surface area contributed by atoms with Gasteiger partial charge < -0.3 is 11.1 Å². The van der Waals surface area contributed by atoms with Gasteiger partial charge in [-0.3, -0.25) is 0 Å². The van der Waals surface area contributed by atoms with E-state index in [1.165, 1.54) is 0 Å². The number of anilines is 2. The number of nitriles is 1. The zero-order valence-electron chi connectivity index (χ0n) is 8.82. The van der Waals surface area contributed by atoms with E-state index < -0.39 is 0 Å². The van der Waals surface area contributed by atoms with Crippen molar-refractivity contribution < 1.29 is 0 Å². The van der Waals surface area contributed by atoms with Gasteiger partial charge in [0.15, 0.2) is 5.82 Å². The fourth-order valence-electron chi connectivity index (χ4n) is 1.21. The predicted molar refractivity (Wildman–Crippen MR) is 64.8 cm³/mol. The second-order valence-corrected chi connectivity index (χ2v) is 4.14. The Balaban J connectivity index is 2.82. The van der Waals surface area contributed by atoms with Crippen LogP contribution < -0.4 is 11.1 Å². The van der Waals surface area contributed by atoms with Gasteiger partial charge in [-0.1, -0.05) is 0 Å². The van der Waals surface area contributed by atoms with Gasteiger partial charge in [-0.05, 0) is 19.2 Å². The number of pyridine rings is 1. The number of thioether (sulfide) groups is 1. The van der Waals surface area contributed by atoms with Gasteiger partial charge in [0.05, 0.1) is 11.3 Å². The molecule has 0 aliphatic rings. The Bertz CT molecular complexity index is 372. The normalized spacial score (nSPS) is 11.8. The summed E-state index contributed by atoms with van der Waals surface area (Å²) in [5.74, 6) is 1.56. The minimum Gasteiger partial charge on any atom is -0.395 e. The molecule has 1 atom stereocenters. The number of rotatable bonds is 4. The average Bonchev–Trinajstić information content (AvgIpc) is 2.21. The molecule has 1 aromatic rings. The highest BCUT2D eigenvalue weighted by Gasteiger charge is 2.08. The molecule has 0 fully saturated rings. The lowest BCUT2D eigenvalue weighted by Crippen LogP contribution is -2.19. The van der Waals surface area contributed by atoms with E-state index in [1.54, 1.807) is 24.0 Å². The van der Waals surface area contributed by atoms with Gasteiger partial charge in [0, 0.05) is 18.0 Å². The summed E-state index contributed by atoms with van der Waals surface area (Å²) in [5.41, 5.74) is 6.67. The van der Waals surface area contributed by atoms with E-state index >= 15 is 0 Å². The number of nitrogens with one attached hydrogen (secondary N) is 1. The van der Waals surface area contributed by atoms with Crippen molar-refractivity contribution in [2.45, 2.75) is 13.0 Å². The van der Waals surface area contributed by atoms with Crippen molar-refractivity contribution in [3.05, 3.63) is 17.8 Å². The lowest BCUT2D eigenvalue weighted by Gasteiger charge is -2.14. The van der Waals surface area contributed by atoms with Gasteiger partial charge in [-0.2, -0.15) is 17.0 Å². The molecule has 1 unspecified atom stereocenters. The first-order valence-electron chi connectivity index (χ1n) is 4.59. The predicted octanol–water partition coefficient (Wildman–Crippen LogP) is 1.70. The molecule has 3 N–H and O–H groups in total. The number of nitrogens with two attached hydrogens (primary N) is 1. The minimum absolute atomic E-state index is 0.281. The lowest BCUT2D eigenvalue weighted by molar-refractivity contribution is 0.904. The molecule has 0 aliphatic carbocycles. The highest BCUT2D eigenvalue weighted by atomic mass is 32.2. The van der Waals surface area contributed by atoms with Crippen LogP contribution >= 0.6 is 11.8 Å². The third-order valence-electron chi connectivity index (χ3n) is 1.91. The number of nitrogen functional groups attached to an aromatic ring is 1. The molecule has 0 saturated carbocycles. The molecule has 0 spiro atoms. The third-order valence-corrected chi connectivity index (χ3v) is 2.74. The zero-order valence-corrected chi connectivity index (χ0v) is 9.64. The van der Waals surface area contributed by atoms with Crippen molar-refractivity contribution in [1.82, 2.24) is 4.98 Å². The van der Waals surface area contributed by atoms with Crippen molar-refractivity contribution in [1.29, 1.82) is 5.26 Å². The van der Waals surface area contributed by atoms with E-state index in [0.29, 0.717) is 17.1 Å². The Morgan fingerprint density at radius 2 is 2.47 bits per heavy atom. The van der Waals surface area contributed by atoms with Gasteiger partial charge >= 0.3 is 0 Å². The van der Waals surface area contributed by atoms with Crippen LogP contribution in [0.4, 0.5) is 11.5 Å². The molecule has 0 bridgehead atoms. The minimum atomic E-state index is 0.281. The number of hydrogen-bond donors (Lipinski definition) is 2. The molecule has 0 saturated heterocycles. The van der Waals surface area contributed by atoms with Gasteiger partial charge in [0.1, 0.15) is 6.07 Å². The molecule has 0 radical (unpaired) electrons. The third kappa shape index (κ3) is 3.03. The summed E-state index contributed by atoms with van der Waals surface area (Å²) in [6, 6.07) is 3.92. The molecule has 0 aromatic carbocycles. The maximum absolute atomic E-state index is 8.79. The van der Waals surface area contributed by atoms with Crippen LogP contribution in [0, 0.1) is 11.3 Å². The van der Waals surface area contributed by atoms with Crippen molar-refractivity contribution in [3.8, 4) is 6.07 Å². The van der Waals surface area contributed by atoms with Gasteiger partial charge in [-0.25, -0.2) is 4.98 Å². The standard InChI is InChI=1S/C10H14N4S/c1-7(6-15-2)14-10-9(12)8(5-11)3-4-13-10/h3-4,7H,6,12H2,1-2H3,(H,13,14). The highest BCUT2D eigenvalue weighted by Crippen LogP contribution is 2.20. The summed E-state index contributed by atoms with van der Waals surface area (Å²) < 4.78 is 0. The largest absolute Gasteiger partial charge is 0.395 e. The van der Waals surface area contributed by atoms with Gasteiger partial charge in [0.25, 0.3) is 0 Å². The number of nitrogens with zero attached hydrogens (tertiary/aromatic N) is 2. The number of aromatic nitrogens is 1. The van der Waals surface area contributed by atoms with Crippen molar-refractivity contribution >= 4 is 23.3 Å². The van der Waals surface area contributed by atoms with Crippen LogP contribution in [0.5, 0.6) is 0 Å². The van der Waals surface area contributed by atoms with Crippen LogP contribution in [-0.2, 0) is 0 Å². The quantitative estimate of drug-likeness (QED) is 0.811. The Labute approximate surface area is 93.9 Å². The van der Waals surface area contributed by atoms with E-state index in [-0.39, 0.29) is 6.04 Å². The van der Waals surface area contributed by atoms with E-state index in [9.17, 15) is 0 Å². The Kier molecular flexibility index (Phi) is 4.25. The second kappa shape index (κ2) is 5.47. The fraction of sp³-hybridized carbons (Fsp3) is 0.400. The maximum atomic E-state index is 8.79. The van der Waals surface area contributed by atoms with Crippen LogP contribution in [0.25, 0.3) is 0 Å². The fourth-order valence-corrected chi connectivity index (χ4v) is 1.79. The van der Waals surface area contributed by atoms with E-state index in [0.717, 1.165) is 5.75 Å². The lowest BCUT2D eigenvalue weighted by atomic mass is 10.2. The smallest absolute Gasteiger partial charge is 0.150 e. The highest BCUT2D eigenvalue weighted by molar-refractivity contribution is 7.98. The van der Waals surface area contributed by atoms with E-state index in [2.05, 4.69) is 17.2 Å². The molecule has 0 aliphatic heterocycles. The average molecular weight is 222 g/mol. The molecule has 1 aromatic heterocycles. The Morgan fingerprint density at radius 3 is 3.07 bits per heavy atom. The van der Waals surface area contributed by atoms with Gasteiger partial charge in [-0.15, -0.1) is 0 Å². The molecule has 0 amide bonds. The molecule has 1 heterocycles. The topological polar surface area (TPSA) is 74.7 Å². The Morgan fingerprint density at radius 1 is 1.73 bits per heavy atom. The molecule has 5 heteroatoms. The molecule has 80 valence electrons. The summed E-state index contributed by atoms with van der Waals surface area (Å²) in [4.78, 5) is 4.11. The van der Waals surface area contributed by atoms with Crippen molar-refractivity contribution in [3.63, 3.8) is 0 Å². The van der Waals surface area contributed by atoms with Crippen LogP contribution in [0.15, 0.2) is 12.3 Å². The van der Waals surface area contributed by atoms with Crippen molar-refractivity contribution in [2.75, 3.05) is 23.1 Å². The van der Waals surface area contributed by atoms with Crippen LogP contribution in [-0.4, -0.2) is 23.0 Å². The SMILES string of the molecule is CSCC(C)Nc1nccc(C#N)c1N. The summed E-state index contributed by atoms with van der Waals surface area (Å²) in [6.45, 7) is 2.05. The van der Waals surface area contributed by atoms with Gasteiger partial charge in [0.2, 0.25) is 0 Å². The summed E-state index contributed by atoms with van der Waals surface area (Å²) >= 11 is 1.75. The summed E-state index contributed by atoms with van der Waals surface area (Å²) in [7, 11) is 0. The monoisotopic (exact) mass is 222 g/mol.